The Hall–Kier alpha value is -2.68. The van der Waals surface area contributed by atoms with Crippen LogP contribution < -0.4 is 0 Å². The second-order valence-electron chi connectivity index (χ2n) is 5.44. The fourth-order valence-electron chi connectivity index (χ4n) is 2.72. The van der Waals surface area contributed by atoms with Gasteiger partial charge in [0.2, 0.25) is 5.90 Å². The van der Waals surface area contributed by atoms with Crippen LogP contribution in [0.25, 0.3) is 0 Å². The number of ether oxygens (including phenoxy) is 1. The molecule has 0 saturated heterocycles. The molecular weight excluding hydrogens is 274 g/mol. The number of benzene rings is 2. The topological polar surface area (TPSA) is 38.7 Å². The molecule has 0 spiro atoms. The minimum Gasteiger partial charge on any atom is -0.405 e. The maximum absolute atomic E-state index is 12.5. The quantitative estimate of drug-likeness (QED) is 0.636. The first-order chi connectivity index (χ1) is 10.6. The molecule has 0 amide bonds. The van der Waals surface area contributed by atoms with Crippen molar-refractivity contribution >= 4 is 11.9 Å². The number of hydrogen-bond donors (Lipinski definition) is 0. The van der Waals surface area contributed by atoms with Crippen LogP contribution in [0.1, 0.15) is 24.0 Å². The molecule has 1 aliphatic rings. The zero-order valence-corrected chi connectivity index (χ0v) is 12.4. The molecule has 22 heavy (non-hydrogen) atoms. The number of carbonyl (C=O) groups is 1. The minimum absolute atomic E-state index is 0.234. The van der Waals surface area contributed by atoms with Crippen LogP contribution in [0.15, 0.2) is 78.3 Å². The number of cyclic esters (lactones) is 1. The van der Waals surface area contributed by atoms with E-state index in [0.29, 0.717) is 5.90 Å². The molecule has 0 unspecified atom stereocenters. The molecule has 0 bridgehead atoms. The van der Waals surface area contributed by atoms with Crippen molar-refractivity contribution in [1.82, 2.24) is 0 Å². The van der Waals surface area contributed by atoms with E-state index in [0.717, 1.165) is 11.1 Å². The van der Waals surface area contributed by atoms with Crippen molar-refractivity contribution in [3.63, 3.8) is 0 Å². The van der Waals surface area contributed by atoms with Crippen molar-refractivity contribution in [3.05, 3.63) is 84.4 Å². The molecule has 0 fully saturated rings. The number of hydrogen-bond acceptors (Lipinski definition) is 3. The van der Waals surface area contributed by atoms with Crippen LogP contribution in [0.5, 0.6) is 0 Å². The molecule has 3 heteroatoms. The lowest BCUT2D eigenvalue weighted by Crippen LogP contribution is -2.36. The number of aliphatic imine (C=N–C) groups is 1. The summed E-state index contributed by atoms with van der Waals surface area (Å²) in [6.45, 7) is 5.68. The molecular formula is C19H17NO2. The summed E-state index contributed by atoms with van der Waals surface area (Å²) in [5.41, 5.74) is 0.805. The normalized spacial score (nSPS) is 21.9. The summed E-state index contributed by atoms with van der Waals surface area (Å²) in [5, 5.41) is 0. The molecule has 0 radical (unpaired) electrons. The van der Waals surface area contributed by atoms with Gasteiger partial charge in [0.05, 0.1) is 0 Å². The number of carbonyl (C=O) groups excluding carboxylic acids is 1. The lowest BCUT2D eigenvalue weighted by Gasteiger charge is -2.25. The molecule has 0 aromatic heterocycles. The molecule has 0 N–H and O–H groups in total. The Morgan fingerprint density at radius 2 is 1.68 bits per heavy atom. The SMILES string of the molecule is C=C[C@H](c1ccccc1)[C@]1(C)N=C(c2ccccc2)OC1=O. The third kappa shape index (κ3) is 2.35. The monoisotopic (exact) mass is 291 g/mol. The van der Waals surface area contributed by atoms with E-state index in [1.807, 2.05) is 60.7 Å². The van der Waals surface area contributed by atoms with E-state index in [9.17, 15) is 4.79 Å². The van der Waals surface area contributed by atoms with Gasteiger partial charge < -0.3 is 4.74 Å². The van der Waals surface area contributed by atoms with Crippen molar-refractivity contribution in [2.75, 3.05) is 0 Å². The van der Waals surface area contributed by atoms with Crippen LogP contribution in [-0.2, 0) is 9.53 Å². The zero-order valence-electron chi connectivity index (χ0n) is 12.4. The summed E-state index contributed by atoms with van der Waals surface area (Å²) < 4.78 is 5.43. The van der Waals surface area contributed by atoms with Crippen molar-refractivity contribution in [2.24, 2.45) is 4.99 Å². The average molecular weight is 291 g/mol. The lowest BCUT2D eigenvalue weighted by molar-refractivity contribution is -0.138. The second-order valence-corrected chi connectivity index (χ2v) is 5.44. The summed E-state index contributed by atoms with van der Waals surface area (Å²) in [4.78, 5) is 17.1. The Bertz CT molecular complexity index is 722. The fourth-order valence-corrected chi connectivity index (χ4v) is 2.72. The Morgan fingerprint density at radius 1 is 1.09 bits per heavy atom. The van der Waals surface area contributed by atoms with Gasteiger partial charge in [-0.1, -0.05) is 54.6 Å². The Labute approximate surface area is 130 Å². The van der Waals surface area contributed by atoms with Gasteiger partial charge in [0.25, 0.3) is 0 Å². The van der Waals surface area contributed by atoms with Crippen LogP contribution >= 0.6 is 0 Å². The molecule has 2 aromatic carbocycles. The van der Waals surface area contributed by atoms with E-state index in [4.69, 9.17) is 4.74 Å². The lowest BCUT2D eigenvalue weighted by atomic mass is 9.81. The Balaban J connectivity index is 2.02. The van der Waals surface area contributed by atoms with Crippen molar-refractivity contribution in [1.29, 1.82) is 0 Å². The van der Waals surface area contributed by atoms with E-state index in [-0.39, 0.29) is 11.9 Å². The molecule has 2 atom stereocenters. The minimum atomic E-state index is -0.992. The molecule has 3 nitrogen and oxygen atoms in total. The highest BCUT2D eigenvalue weighted by Gasteiger charge is 2.47. The van der Waals surface area contributed by atoms with Gasteiger partial charge in [-0.2, -0.15) is 0 Å². The maximum atomic E-state index is 12.5. The first-order valence-electron chi connectivity index (χ1n) is 7.20. The second kappa shape index (κ2) is 5.60. The van der Waals surface area contributed by atoms with Crippen molar-refractivity contribution < 1.29 is 9.53 Å². The largest absolute Gasteiger partial charge is 0.405 e. The first kappa shape index (κ1) is 14.3. The van der Waals surface area contributed by atoms with Crippen LogP contribution in [0.2, 0.25) is 0 Å². The summed E-state index contributed by atoms with van der Waals surface area (Å²) >= 11 is 0. The van der Waals surface area contributed by atoms with Gasteiger partial charge in [-0.05, 0) is 24.6 Å². The fraction of sp³-hybridized carbons (Fsp3) is 0.158. The molecule has 1 aliphatic heterocycles. The van der Waals surface area contributed by atoms with Gasteiger partial charge in [0.1, 0.15) is 0 Å². The van der Waals surface area contributed by atoms with Crippen molar-refractivity contribution in [2.45, 2.75) is 18.4 Å². The molecule has 2 aromatic rings. The number of nitrogens with zero attached hydrogens (tertiary/aromatic N) is 1. The number of esters is 1. The zero-order chi connectivity index (χ0) is 15.6. The Kier molecular flexibility index (Phi) is 3.63. The van der Waals surface area contributed by atoms with Gasteiger partial charge in [0.15, 0.2) is 5.54 Å². The van der Waals surface area contributed by atoms with Crippen molar-refractivity contribution in [3.8, 4) is 0 Å². The third-order valence-electron chi connectivity index (χ3n) is 3.96. The summed E-state index contributed by atoms with van der Waals surface area (Å²) in [6.07, 6.45) is 1.76. The smallest absolute Gasteiger partial charge is 0.341 e. The molecule has 3 rings (SSSR count). The molecule has 0 saturated carbocycles. The molecule has 1 heterocycles. The predicted molar refractivity (Wildman–Crippen MR) is 86.9 cm³/mol. The van der Waals surface area contributed by atoms with E-state index in [1.54, 1.807) is 13.0 Å². The predicted octanol–water partition coefficient (Wildman–Crippen LogP) is 3.72. The standard InChI is InChI=1S/C19H17NO2/c1-3-16(14-10-6-4-7-11-14)19(2)18(21)22-17(20-19)15-12-8-5-9-13-15/h3-13,16H,1H2,2H3/t16-,19+/m1/s1. The van der Waals surface area contributed by atoms with Gasteiger partial charge in [-0.3, -0.25) is 0 Å². The third-order valence-corrected chi connectivity index (χ3v) is 3.96. The average Bonchev–Trinajstić information content (AvgIpc) is 2.86. The van der Waals surface area contributed by atoms with E-state index in [1.165, 1.54) is 0 Å². The Morgan fingerprint density at radius 3 is 2.27 bits per heavy atom. The summed E-state index contributed by atoms with van der Waals surface area (Å²) in [6, 6.07) is 19.2. The summed E-state index contributed by atoms with van der Waals surface area (Å²) in [7, 11) is 0. The van der Waals surface area contributed by atoms with Gasteiger partial charge in [-0.15, -0.1) is 6.58 Å². The van der Waals surface area contributed by atoms with E-state index < -0.39 is 5.54 Å². The van der Waals surface area contributed by atoms with E-state index in [2.05, 4.69) is 11.6 Å². The van der Waals surface area contributed by atoms with E-state index >= 15 is 0 Å². The maximum Gasteiger partial charge on any atom is 0.341 e. The van der Waals surface area contributed by atoms with Gasteiger partial charge in [-0.25, -0.2) is 9.79 Å². The van der Waals surface area contributed by atoms with Gasteiger partial charge in [0, 0.05) is 11.5 Å². The van der Waals surface area contributed by atoms with Crippen LogP contribution in [-0.4, -0.2) is 17.4 Å². The van der Waals surface area contributed by atoms with Crippen LogP contribution in [0, 0.1) is 0 Å². The summed E-state index contributed by atoms with van der Waals surface area (Å²) in [5.74, 6) is -0.210. The molecule has 110 valence electrons. The van der Waals surface area contributed by atoms with Crippen LogP contribution in [0.3, 0.4) is 0 Å². The number of rotatable bonds is 4. The molecule has 0 aliphatic carbocycles. The highest BCUT2D eigenvalue weighted by molar-refractivity contribution is 6.08. The van der Waals surface area contributed by atoms with Crippen LogP contribution in [0.4, 0.5) is 0 Å². The van der Waals surface area contributed by atoms with Gasteiger partial charge >= 0.3 is 5.97 Å². The first-order valence-corrected chi connectivity index (χ1v) is 7.20. The highest BCUT2D eigenvalue weighted by Crippen LogP contribution is 2.37. The highest BCUT2D eigenvalue weighted by atomic mass is 16.6.